The highest BCUT2D eigenvalue weighted by Gasteiger charge is 2.06. The number of pyridine rings is 1. The smallest absolute Gasteiger partial charge is 0.137 e. The zero-order valence-corrected chi connectivity index (χ0v) is 12.8. The molecule has 0 aromatic carbocycles. The second-order valence-electron chi connectivity index (χ2n) is 4.96. The van der Waals surface area contributed by atoms with Gasteiger partial charge in [-0.3, -0.25) is 0 Å². The van der Waals surface area contributed by atoms with E-state index in [1.807, 2.05) is 28.9 Å². The Morgan fingerprint density at radius 3 is 3.05 bits per heavy atom. The van der Waals surface area contributed by atoms with Crippen molar-refractivity contribution in [2.45, 2.75) is 25.9 Å². The van der Waals surface area contributed by atoms with E-state index >= 15 is 0 Å². The van der Waals surface area contributed by atoms with Crippen molar-refractivity contribution in [2.24, 2.45) is 0 Å². The van der Waals surface area contributed by atoms with Gasteiger partial charge in [0.2, 0.25) is 0 Å². The number of fused-ring (bicyclic) bond motifs is 1. The predicted octanol–water partition coefficient (Wildman–Crippen LogP) is 3.77. The van der Waals surface area contributed by atoms with Crippen LogP contribution < -0.4 is 5.32 Å². The molecule has 0 saturated heterocycles. The lowest BCUT2D eigenvalue weighted by atomic mass is 10.1. The highest BCUT2D eigenvalue weighted by atomic mass is 35.5. The summed E-state index contributed by atoms with van der Waals surface area (Å²) in [4.78, 5) is 4.57. The van der Waals surface area contributed by atoms with Crippen LogP contribution in [0.3, 0.4) is 0 Å². The van der Waals surface area contributed by atoms with Gasteiger partial charge in [0, 0.05) is 25.0 Å². The van der Waals surface area contributed by atoms with E-state index < -0.39 is 0 Å². The SMILES string of the molecule is CC(Cc1ccsc1)NCc1cn2cc(Cl)ccc2n1. The number of hydrogen-bond acceptors (Lipinski definition) is 3. The van der Waals surface area contributed by atoms with Gasteiger partial charge in [-0.2, -0.15) is 11.3 Å². The fourth-order valence-corrected chi connectivity index (χ4v) is 3.07. The summed E-state index contributed by atoms with van der Waals surface area (Å²) >= 11 is 7.72. The van der Waals surface area contributed by atoms with Crippen LogP contribution in [0.5, 0.6) is 0 Å². The summed E-state index contributed by atoms with van der Waals surface area (Å²) in [6, 6.07) is 6.40. The summed E-state index contributed by atoms with van der Waals surface area (Å²) < 4.78 is 1.96. The first-order valence-electron chi connectivity index (χ1n) is 6.58. The highest BCUT2D eigenvalue weighted by molar-refractivity contribution is 7.07. The average molecular weight is 306 g/mol. The maximum atomic E-state index is 5.97. The molecule has 1 atom stereocenters. The molecule has 0 amide bonds. The molecule has 3 aromatic heterocycles. The van der Waals surface area contributed by atoms with Crippen LogP contribution in [0.2, 0.25) is 5.02 Å². The van der Waals surface area contributed by atoms with Crippen molar-refractivity contribution in [2.75, 3.05) is 0 Å². The van der Waals surface area contributed by atoms with E-state index in [1.165, 1.54) is 5.56 Å². The zero-order valence-electron chi connectivity index (χ0n) is 11.2. The molecule has 1 N–H and O–H groups in total. The fourth-order valence-electron chi connectivity index (χ4n) is 2.22. The van der Waals surface area contributed by atoms with Gasteiger partial charge >= 0.3 is 0 Å². The second-order valence-corrected chi connectivity index (χ2v) is 6.18. The van der Waals surface area contributed by atoms with E-state index in [4.69, 9.17) is 11.6 Å². The van der Waals surface area contributed by atoms with Crippen LogP contribution in [0.15, 0.2) is 41.4 Å². The molecule has 104 valence electrons. The normalized spacial score (nSPS) is 12.9. The number of hydrogen-bond donors (Lipinski definition) is 1. The number of rotatable bonds is 5. The van der Waals surface area contributed by atoms with Crippen molar-refractivity contribution < 1.29 is 0 Å². The maximum absolute atomic E-state index is 5.97. The van der Waals surface area contributed by atoms with Crippen molar-refractivity contribution in [1.82, 2.24) is 14.7 Å². The van der Waals surface area contributed by atoms with Gasteiger partial charge in [-0.15, -0.1) is 0 Å². The predicted molar refractivity (Wildman–Crippen MR) is 84.5 cm³/mol. The maximum Gasteiger partial charge on any atom is 0.137 e. The lowest BCUT2D eigenvalue weighted by molar-refractivity contribution is 0.541. The fraction of sp³-hybridized carbons (Fsp3) is 0.267. The molecule has 0 radical (unpaired) electrons. The van der Waals surface area contributed by atoms with E-state index in [2.05, 4.69) is 34.1 Å². The largest absolute Gasteiger partial charge is 0.308 e. The lowest BCUT2D eigenvalue weighted by Gasteiger charge is -2.11. The van der Waals surface area contributed by atoms with E-state index in [0.29, 0.717) is 6.04 Å². The van der Waals surface area contributed by atoms with Crippen LogP contribution in [0.4, 0.5) is 0 Å². The third-order valence-electron chi connectivity index (χ3n) is 3.22. The minimum Gasteiger partial charge on any atom is -0.308 e. The summed E-state index contributed by atoms with van der Waals surface area (Å²) in [5.41, 5.74) is 3.35. The monoisotopic (exact) mass is 305 g/mol. The Morgan fingerprint density at radius 2 is 2.25 bits per heavy atom. The first kappa shape index (κ1) is 13.6. The number of halogens is 1. The van der Waals surface area contributed by atoms with Gasteiger partial charge in [0.05, 0.1) is 10.7 Å². The van der Waals surface area contributed by atoms with Crippen LogP contribution in [-0.4, -0.2) is 15.4 Å². The van der Waals surface area contributed by atoms with Gasteiger partial charge in [-0.1, -0.05) is 11.6 Å². The Balaban J connectivity index is 1.61. The number of nitrogens with zero attached hydrogens (tertiary/aromatic N) is 2. The Labute approximate surface area is 127 Å². The number of thiophene rings is 1. The van der Waals surface area contributed by atoms with Crippen molar-refractivity contribution in [1.29, 1.82) is 0 Å². The first-order valence-corrected chi connectivity index (χ1v) is 7.90. The topological polar surface area (TPSA) is 29.3 Å². The first-order chi connectivity index (χ1) is 9.70. The van der Waals surface area contributed by atoms with Crippen molar-refractivity contribution in [3.05, 3.63) is 57.6 Å². The van der Waals surface area contributed by atoms with Crippen molar-refractivity contribution in [3.8, 4) is 0 Å². The average Bonchev–Trinajstić information content (AvgIpc) is 3.04. The molecule has 0 aliphatic carbocycles. The third kappa shape index (κ3) is 3.20. The second kappa shape index (κ2) is 5.95. The molecule has 3 nitrogen and oxygen atoms in total. The van der Waals surface area contributed by atoms with Crippen LogP contribution in [0.1, 0.15) is 18.2 Å². The summed E-state index contributed by atoms with van der Waals surface area (Å²) in [5, 5.41) is 8.55. The summed E-state index contributed by atoms with van der Waals surface area (Å²) in [6.45, 7) is 2.97. The van der Waals surface area contributed by atoms with Gasteiger partial charge in [-0.25, -0.2) is 4.98 Å². The molecule has 0 spiro atoms. The minimum absolute atomic E-state index is 0.429. The molecule has 0 saturated carbocycles. The number of nitrogens with one attached hydrogen (secondary N) is 1. The number of imidazole rings is 1. The number of aromatic nitrogens is 2. The lowest BCUT2D eigenvalue weighted by Crippen LogP contribution is -2.27. The summed E-state index contributed by atoms with van der Waals surface area (Å²) in [6.07, 6.45) is 4.94. The Bertz CT molecular complexity index is 690. The van der Waals surface area contributed by atoms with Gasteiger partial charge in [0.25, 0.3) is 0 Å². The summed E-state index contributed by atoms with van der Waals surface area (Å²) in [5.74, 6) is 0. The third-order valence-corrected chi connectivity index (χ3v) is 4.17. The molecule has 20 heavy (non-hydrogen) atoms. The highest BCUT2D eigenvalue weighted by Crippen LogP contribution is 2.12. The van der Waals surface area contributed by atoms with E-state index in [-0.39, 0.29) is 0 Å². The minimum atomic E-state index is 0.429. The Hall–Kier alpha value is -1.36. The molecule has 3 rings (SSSR count). The molecule has 0 bridgehead atoms. The molecule has 3 aromatic rings. The zero-order chi connectivity index (χ0) is 13.9. The van der Waals surface area contributed by atoms with E-state index in [9.17, 15) is 0 Å². The Morgan fingerprint density at radius 1 is 1.35 bits per heavy atom. The van der Waals surface area contributed by atoms with Gasteiger partial charge in [-0.05, 0) is 47.9 Å². The molecular weight excluding hydrogens is 290 g/mol. The van der Waals surface area contributed by atoms with Crippen LogP contribution >= 0.6 is 22.9 Å². The van der Waals surface area contributed by atoms with Gasteiger partial charge in [0.15, 0.2) is 0 Å². The van der Waals surface area contributed by atoms with Crippen LogP contribution in [0.25, 0.3) is 5.65 Å². The molecule has 3 heterocycles. The van der Waals surface area contributed by atoms with Crippen LogP contribution in [-0.2, 0) is 13.0 Å². The van der Waals surface area contributed by atoms with E-state index in [0.717, 1.165) is 29.3 Å². The van der Waals surface area contributed by atoms with Crippen LogP contribution in [0, 0.1) is 0 Å². The van der Waals surface area contributed by atoms with Crippen molar-refractivity contribution in [3.63, 3.8) is 0 Å². The molecule has 0 aliphatic heterocycles. The molecule has 1 unspecified atom stereocenters. The molecule has 0 aliphatic rings. The Kier molecular flexibility index (Phi) is 4.05. The van der Waals surface area contributed by atoms with E-state index in [1.54, 1.807) is 11.3 Å². The van der Waals surface area contributed by atoms with Gasteiger partial charge < -0.3 is 9.72 Å². The molecule has 0 fully saturated rings. The quantitative estimate of drug-likeness (QED) is 0.777. The molecular formula is C15H16ClN3S. The summed E-state index contributed by atoms with van der Waals surface area (Å²) in [7, 11) is 0. The molecule has 5 heteroatoms. The van der Waals surface area contributed by atoms with Crippen molar-refractivity contribution >= 4 is 28.6 Å². The van der Waals surface area contributed by atoms with Gasteiger partial charge in [0.1, 0.15) is 5.65 Å². The standard InChI is InChI=1S/C15H16ClN3S/c1-11(6-12-4-5-20-10-12)17-7-14-9-19-8-13(16)2-3-15(19)18-14/h2-5,8-11,17H,6-7H2,1H3.